The second-order valence-corrected chi connectivity index (χ2v) is 5.36. The van der Waals surface area contributed by atoms with E-state index in [1.807, 2.05) is 0 Å². The molecule has 1 aliphatic heterocycles. The number of sulfonamides is 1. The zero-order chi connectivity index (χ0) is 12.6. The molecule has 3 N–H and O–H groups in total. The first-order valence-corrected chi connectivity index (χ1v) is 6.48. The van der Waals surface area contributed by atoms with Crippen LogP contribution < -0.4 is 9.88 Å². The van der Waals surface area contributed by atoms with E-state index in [1.165, 1.54) is 18.2 Å². The molecule has 2 rings (SSSR count). The Labute approximate surface area is 98.1 Å². The number of benzene rings is 1. The fourth-order valence-electron chi connectivity index (χ4n) is 1.72. The number of aryl methyl sites for hydroxylation is 1. The topological polar surface area (TPSA) is 107 Å². The van der Waals surface area contributed by atoms with Gasteiger partial charge in [0.05, 0.1) is 4.90 Å². The molecular weight excluding hydrogens is 246 g/mol. The van der Waals surface area contributed by atoms with Crippen LogP contribution in [0.1, 0.15) is 12.0 Å². The Balaban J connectivity index is 2.35. The van der Waals surface area contributed by atoms with Crippen molar-refractivity contribution < 1.29 is 23.1 Å². The van der Waals surface area contributed by atoms with Crippen LogP contribution >= 0.6 is 0 Å². The molecule has 1 unspecified atom stereocenters. The number of ether oxygens (including phenoxy) is 1. The number of carboxylic acid groups (broad SMARTS) is 1. The quantitative estimate of drug-likeness (QED) is 0.782. The molecule has 1 aromatic rings. The molecule has 0 saturated heterocycles. The number of rotatable bonds is 2. The Bertz CT molecular complexity index is 566. The van der Waals surface area contributed by atoms with Gasteiger partial charge in [0.15, 0.2) is 6.10 Å². The summed E-state index contributed by atoms with van der Waals surface area (Å²) in [5, 5.41) is 13.8. The third-order valence-corrected chi connectivity index (χ3v) is 3.49. The largest absolute Gasteiger partial charge is 0.479 e. The molecule has 1 aromatic carbocycles. The van der Waals surface area contributed by atoms with E-state index in [4.69, 9.17) is 15.0 Å². The highest BCUT2D eigenvalue weighted by Gasteiger charge is 2.26. The maximum absolute atomic E-state index is 11.1. The van der Waals surface area contributed by atoms with Gasteiger partial charge in [-0.05, 0) is 36.6 Å². The predicted molar refractivity (Wildman–Crippen MR) is 58.2 cm³/mol. The van der Waals surface area contributed by atoms with Gasteiger partial charge in [-0.25, -0.2) is 18.4 Å². The number of hydrogen-bond donors (Lipinski definition) is 2. The molecule has 0 aromatic heterocycles. The third-order valence-electron chi connectivity index (χ3n) is 2.58. The number of hydrogen-bond acceptors (Lipinski definition) is 4. The van der Waals surface area contributed by atoms with Crippen LogP contribution in [0.15, 0.2) is 23.1 Å². The minimum absolute atomic E-state index is 0.00799. The van der Waals surface area contributed by atoms with Gasteiger partial charge in [-0.2, -0.15) is 0 Å². The van der Waals surface area contributed by atoms with E-state index in [0.29, 0.717) is 24.2 Å². The second kappa shape index (κ2) is 4.01. The summed E-state index contributed by atoms with van der Waals surface area (Å²) in [4.78, 5) is 10.8. The van der Waals surface area contributed by atoms with Gasteiger partial charge in [0, 0.05) is 0 Å². The number of nitrogens with two attached hydrogens (primary N) is 1. The lowest BCUT2D eigenvalue weighted by Crippen LogP contribution is -2.31. The van der Waals surface area contributed by atoms with Crippen LogP contribution in [0.25, 0.3) is 0 Å². The van der Waals surface area contributed by atoms with Crippen LogP contribution in [-0.4, -0.2) is 25.6 Å². The summed E-state index contributed by atoms with van der Waals surface area (Å²) in [6.45, 7) is 0. The molecule has 0 fully saturated rings. The zero-order valence-electron chi connectivity index (χ0n) is 8.79. The SMILES string of the molecule is NS(=O)(=O)c1ccc2c(c1)CCC(C(=O)O)O2. The molecule has 0 amide bonds. The standard InChI is InChI=1S/C10H11NO5S/c11-17(14,15)7-2-4-8-6(5-7)1-3-9(16-8)10(12)13/h2,4-5,9H,1,3H2,(H,12,13)(H2,11,14,15). The summed E-state index contributed by atoms with van der Waals surface area (Å²) < 4.78 is 27.5. The lowest BCUT2D eigenvalue weighted by atomic mass is 10.0. The lowest BCUT2D eigenvalue weighted by molar-refractivity contribution is -0.145. The molecule has 0 aliphatic carbocycles. The Morgan fingerprint density at radius 3 is 2.76 bits per heavy atom. The predicted octanol–water partition coefficient (Wildman–Crippen LogP) is 0.112. The number of carboxylic acids is 1. The van der Waals surface area contributed by atoms with Crippen molar-refractivity contribution in [3.8, 4) is 5.75 Å². The summed E-state index contributed by atoms with van der Waals surface area (Å²) in [6.07, 6.45) is -0.102. The minimum Gasteiger partial charge on any atom is -0.479 e. The van der Waals surface area contributed by atoms with Crippen molar-refractivity contribution in [2.45, 2.75) is 23.8 Å². The molecule has 0 radical (unpaired) electrons. The van der Waals surface area contributed by atoms with Crippen LogP contribution in [-0.2, 0) is 21.2 Å². The fraction of sp³-hybridized carbons (Fsp3) is 0.300. The van der Waals surface area contributed by atoms with Crippen LogP contribution in [0.2, 0.25) is 0 Å². The van der Waals surface area contributed by atoms with Crippen molar-refractivity contribution in [2.75, 3.05) is 0 Å². The molecule has 0 bridgehead atoms. The van der Waals surface area contributed by atoms with Crippen molar-refractivity contribution in [1.82, 2.24) is 0 Å². The van der Waals surface area contributed by atoms with Gasteiger partial charge in [-0.3, -0.25) is 0 Å². The number of carbonyl (C=O) groups is 1. The minimum atomic E-state index is -3.74. The van der Waals surface area contributed by atoms with E-state index in [0.717, 1.165) is 0 Å². The van der Waals surface area contributed by atoms with E-state index < -0.39 is 22.1 Å². The van der Waals surface area contributed by atoms with E-state index in [2.05, 4.69) is 0 Å². The van der Waals surface area contributed by atoms with Gasteiger partial charge in [0.2, 0.25) is 10.0 Å². The summed E-state index contributed by atoms with van der Waals surface area (Å²) in [5.74, 6) is -0.623. The van der Waals surface area contributed by atoms with E-state index in [9.17, 15) is 13.2 Å². The van der Waals surface area contributed by atoms with Crippen LogP contribution in [0.5, 0.6) is 5.75 Å². The fourth-order valence-corrected chi connectivity index (χ4v) is 2.28. The molecule has 0 spiro atoms. The maximum Gasteiger partial charge on any atom is 0.344 e. The molecule has 1 atom stereocenters. The molecular formula is C10H11NO5S. The highest BCUT2D eigenvalue weighted by atomic mass is 32.2. The number of fused-ring (bicyclic) bond motifs is 1. The Kier molecular flexibility index (Phi) is 2.80. The van der Waals surface area contributed by atoms with E-state index in [-0.39, 0.29) is 4.90 Å². The van der Waals surface area contributed by atoms with E-state index in [1.54, 1.807) is 0 Å². The average molecular weight is 257 g/mol. The van der Waals surface area contributed by atoms with Gasteiger partial charge in [0.1, 0.15) is 5.75 Å². The lowest BCUT2D eigenvalue weighted by Gasteiger charge is -2.23. The van der Waals surface area contributed by atoms with Crippen molar-refractivity contribution in [3.63, 3.8) is 0 Å². The summed E-state index contributed by atoms with van der Waals surface area (Å²) >= 11 is 0. The monoisotopic (exact) mass is 257 g/mol. The van der Waals surface area contributed by atoms with Crippen molar-refractivity contribution in [1.29, 1.82) is 0 Å². The first-order valence-electron chi connectivity index (χ1n) is 4.93. The molecule has 1 aliphatic rings. The summed E-state index contributed by atoms with van der Waals surface area (Å²) in [6, 6.07) is 4.16. The van der Waals surface area contributed by atoms with Crippen LogP contribution in [0.3, 0.4) is 0 Å². The Morgan fingerprint density at radius 1 is 1.47 bits per heavy atom. The molecule has 7 heteroatoms. The summed E-state index contributed by atoms with van der Waals surface area (Å²) in [7, 11) is -3.74. The first kappa shape index (κ1) is 11.9. The second-order valence-electron chi connectivity index (χ2n) is 3.80. The van der Waals surface area contributed by atoms with Crippen LogP contribution in [0.4, 0.5) is 0 Å². The van der Waals surface area contributed by atoms with Crippen LogP contribution in [0, 0.1) is 0 Å². The number of aliphatic carboxylic acids is 1. The van der Waals surface area contributed by atoms with Crippen molar-refractivity contribution in [2.24, 2.45) is 5.14 Å². The smallest absolute Gasteiger partial charge is 0.344 e. The zero-order valence-corrected chi connectivity index (χ0v) is 9.61. The molecule has 1 heterocycles. The van der Waals surface area contributed by atoms with Gasteiger partial charge in [0.25, 0.3) is 0 Å². The maximum atomic E-state index is 11.1. The molecule has 17 heavy (non-hydrogen) atoms. The van der Waals surface area contributed by atoms with Gasteiger partial charge in [-0.15, -0.1) is 0 Å². The van der Waals surface area contributed by atoms with Crippen molar-refractivity contribution >= 4 is 16.0 Å². The van der Waals surface area contributed by atoms with Crippen molar-refractivity contribution in [3.05, 3.63) is 23.8 Å². The Hall–Kier alpha value is -1.60. The normalized spacial score (nSPS) is 19.2. The molecule has 0 saturated carbocycles. The Morgan fingerprint density at radius 2 is 2.18 bits per heavy atom. The highest BCUT2D eigenvalue weighted by molar-refractivity contribution is 7.89. The van der Waals surface area contributed by atoms with Gasteiger partial charge >= 0.3 is 5.97 Å². The first-order chi connectivity index (χ1) is 7.88. The third kappa shape index (κ3) is 2.40. The molecule has 6 nitrogen and oxygen atoms in total. The van der Waals surface area contributed by atoms with E-state index >= 15 is 0 Å². The average Bonchev–Trinajstić information content (AvgIpc) is 2.26. The molecule has 92 valence electrons. The highest BCUT2D eigenvalue weighted by Crippen LogP contribution is 2.29. The van der Waals surface area contributed by atoms with Gasteiger partial charge in [-0.1, -0.05) is 0 Å². The van der Waals surface area contributed by atoms with Gasteiger partial charge < -0.3 is 9.84 Å². The summed E-state index contributed by atoms with van der Waals surface area (Å²) in [5.41, 5.74) is 0.661. The number of primary sulfonamides is 1.